The molecule has 2 aromatic heterocycles. The van der Waals surface area contributed by atoms with Gasteiger partial charge < -0.3 is 10.1 Å². The van der Waals surface area contributed by atoms with Gasteiger partial charge in [-0.25, -0.2) is 23.2 Å². The van der Waals surface area contributed by atoms with Crippen LogP contribution in [0.4, 0.5) is 14.5 Å². The third-order valence-corrected chi connectivity index (χ3v) is 3.63. The van der Waals surface area contributed by atoms with Crippen molar-refractivity contribution < 1.29 is 23.1 Å². The number of rotatable bonds is 5. The quantitative estimate of drug-likeness (QED) is 0.696. The van der Waals surface area contributed by atoms with Crippen molar-refractivity contribution in [1.29, 1.82) is 0 Å². The van der Waals surface area contributed by atoms with E-state index < -0.39 is 30.1 Å². The van der Waals surface area contributed by atoms with E-state index in [0.29, 0.717) is 11.5 Å². The van der Waals surface area contributed by atoms with Gasteiger partial charge in [0.25, 0.3) is 5.91 Å². The highest BCUT2D eigenvalue weighted by molar-refractivity contribution is 5.96. The summed E-state index contributed by atoms with van der Waals surface area (Å²) in [7, 11) is 0. The number of ether oxygens (including phenoxy) is 1. The van der Waals surface area contributed by atoms with Gasteiger partial charge in [-0.2, -0.15) is 5.10 Å². The maximum atomic E-state index is 13.5. The van der Waals surface area contributed by atoms with Crippen molar-refractivity contribution in [3.05, 3.63) is 71.7 Å². The Bertz CT molecular complexity index is 990. The molecule has 0 radical (unpaired) electrons. The molecule has 2 heterocycles. The Hall–Kier alpha value is -3.62. The Balaban J connectivity index is 1.64. The molecule has 0 aliphatic rings. The van der Waals surface area contributed by atoms with Crippen LogP contribution in [0.3, 0.4) is 0 Å². The van der Waals surface area contributed by atoms with Gasteiger partial charge in [-0.05, 0) is 31.2 Å². The third kappa shape index (κ3) is 4.14. The van der Waals surface area contributed by atoms with Gasteiger partial charge >= 0.3 is 5.97 Å². The second-order valence-electron chi connectivity index (χ2n) is 5.49. The van der Waals surface area contributed by atoms with Gasteiger partial charge in [0.2, 0.25) is 0 Å². The van der Waals surface area contributed by atoms with Crippen molar-refractivity contribution in [2.75, 3.05) is 11.9 Å². The average Bonchev–Trinajstić information content (AvgIpc) is 3.05. The Kier molecular flexibility index (Phi) is 5.20. The van der Waals surface area contributed by atoms with Crippen LogP contribution in [0.1, 0.15) is 16.1 Å². The number of carbonyl (C=O) groups excluding carboxylic acids is 2. The molecule has 1 amide bonds. The van der Waals surface area contributed by atoms with Crippen molar-refractivity contribution in [1.82, 2.24) is 14.8 Å². The monoisotopic (exact) mass is 372 g/mol. The lowest BCUT2D eigenvalue weighted by molar-refractivity contribution is -0.119. The first-order chi connectivity index (χ1) is 13.0. The van der Waals surface area contributed by atoms with E-state index in [4.69, 9.17) is 4.74 Å². The summed E-state index contributed by atoms with van der Waals surface area (Å²) in [5.74, 6) is -2.56. The van der Waals surface area contributed by atoms with Gasteiger partial charge in [-0.15, -0.1) is 0 Å². The van der Waals surface area contributed by atoms with E-state index in [1.54, 1.807) is 31.3 Å². The van der Waals surface area contributed by atoms with E-state index in [0.717, 1.165) is 18.2 Å². The molecule has 0 spiro atoms. The lowest BCUT2D eigenvalue weighted by atomic mass is 10.2. The van der Waals surface area contributed by atoms with Gasteiger partial charge in [-0.1, -0.05) is 6.07 Å². The molecule has 7 nitrogen and oxygen atoms in total. The summed E-state index contributed by atoms with van der Waals surface area (Å²) in [6, 6.07) is 7.88. The number of nitrogens with one attached hydrogen (secondary N) is 1. The van der Waals surface area contributed by atoms with E-state index in [1.807, 2.05) is 0 Å². The lowest BCUT2D eigenvalue weighted by Crippen LogP contribution is -2.21. The molecule has 3 rings (SSSR count). The molecule has 9 heteroatoms. The fourth-order valence-corrected chi connectivity index (χ4v) is 2.31. The van der Waals surface area contributed by atoms with Gasteiger partial charge in [-0.3, -0.25) is 4.79 Å². The Morgan fingerprint density at radius 2 is 2.04 bits per heavy atom. The van der Waals surface area contributed by atoms with Crippen LogP contribution in [0, 0.1) is 18.6 Å². The molecular weight excluding hydrogens is 358 g/mol. The Morgan fingerprint density at radius 3 is 2.78 bits per heavy atom. The molecule has 0 saturated heterocycles. The van der Waals surface area contributed by atoms with Crippen molar-refractivity contribution in [2.45, 2.75) is 6.92 Å². The van der Waals surface area contributed by atoms with Crippen LogP contribution < -0.4 is 5.32 Å². The minimum absolute atomic E-state index is 0.158. The molecule has 0 aliphatic heterocycles. The van der Waals surface area contributed by atoms with E-state index in [-0.39, 0.29) is 11.3 Å². The highest BCUT2D eigenvalue weighted by Crippen LogP contribution is 2.16. The van der Waals surface area contributed by atoms with Crippen molar-refractivity contribution in [2.24, 2.45) is 0 Å². The van der Waals surface area contributed by atoms with E-state index in [1.165, 1.54) is 10.9 Å². The summed E-state index contributed by atoms with van der Waals surface area (Å²) < 4.78 is 33.0. The number of benzene rings is 1. The molecule has 1 aromatic carbocycles. The summed E-state index contributed by atoms with van der Waals surface area (Å²) in [5, 5.41) is 6.23. The number of aromatic nitrogens is 3. The number of anilines is 1. The van der Waals surface area contributed by atoms with Crippen molar-refractivity contribution >= 4 is 17.6 Å². The Labute approximate surface area is 152 Å². The molecule has 0 atom stereocenters. The second kappa shape index (κ2) is 7.73. The maximum Gasteiger partial charge on any atom is 0.342 e. The van der Waals surface area contributed by atoms with Crippen LogP contribution in [-0.4, -0.2) is 33.2 Å². The fourth-order valence-electron chi connectivity index (χ4n) is 2.31. The van der Waals surface area contributed by atoms with Crippen LogP contribution in [0.5, 0.6) is 0 Å². The van der Waals surface area contributed by atoms with Crippen LogP contribution in [0.2, 0.25) is 0 Å². The van der Waals surface area contributed by atoms with Crippen LogP contribution >= 0.6 is 0 Å². The summed E-state index contributed by atoms with van der Waals surface area (Å²) in [6.07, 6.45) is 2.89. The van der Waals surface area contributed by atoms with Crippen molar-refractivity contribution in [3.8, 4) is 5.82 Å². The number of halogens is 2. The van der Waals surface area contributed by atoms with Gasteiger partial charge in [0.15, 0.2) is 12.4 Å². The minimum Gasteiger partial charge on any atom is -0.452 e. The first-order valence-corrected chi connectivity index (χ1v) is 7.84. The molecule has 138 valence electrons. The molecule has 0 aliphatic carbocycles. The van der Waals surface area contributed by atoms with Gasteiger partial charge in [0, 0.05) is 12.3 Å². The summed E-state index contributed by atoms with van der Waals surface area (Å²) in [4.78, 5) is 28.1. The zero-order valence-corrected chi connectivity index (χ0v) is 14.1. The van der Waals surface area contributed by atoms with Crippen LogP contribution in [-0.2, 0) is 9.53 Å². The summed E-state index contributed by atoms with van der Waals surface area (Å²) in [6.45, 7) is 0.990. The van der Waals surface area contributed by atoms with Crippen LogP contribution in [0.25, 0.3) is 5.82 Å². The molecule has 0 saturated carbocycles. The molecular formula is C18H14F2N4O3. The smallest absolute Gasteiger partial charge is 0.342 e. The molecule has 0 fully saturated rings. The summed E-state index contributed by atoms with van der Waals surface area (Å²) in [5.41, 5.74) is 0.302. The number of amides is 1. The second-order valence-corrected chi connectivity index (χ2v) is 5.49. The zero-order valence-electron chi connectivity index (χ0n) is 14.1. The van der Waals surface area contributed by atoms with E-state index in [2.05, 4.69) is 15.4 Å². The molecule has 0 bridgehead atoms. The molecule has 0 unspecified atom stereocenters. The number of nitrogens with zero attached hydrogens (tertiary/aromatic N) is 3. The first kappa shape index (κ1) is 18.2. The predicted molar refractivity (Wildman–Crippen MR) is 91.4 cm³/mol. The average molecular weight is 372 g/mol. The number of carbonyl (C=O) groups is 2. The molecule has 3 aromatic rings. The molecule has 27 heavy (non-hydrogen) atoms. The minimum atomic E-state index is -0.803. The largest absolute Gasteiger partial charge is 0.452 e. The SMILES string of the molecule is Cc1c(C(=O)OCC(=O)Nc2cc(F)ccc2F)cnn1-c1ccccn1. The number of pyridine rings is 1. The highest BCUT2D eigenvalue weighted by atomic mass is 19.1. The maximum absolute atomic E-state index is 13.5. The Morgan fingerprint density at radius 1 is 1.22 bits per heavy atom. The standard InChI is InChI=1S/C18H14F2N4O3/c1-11-13(9-22-24(11)16-4-2-3-7-21-16)18(26)27-10-17(25)23-15-8-12(19)5-6-14(15)20/h2-9H,10H2,1H3,(H,23,25). The first-order valence-electron chi connectivity index (χ1n) is 7.84. The fraction of sp³-hybridized carbons (Fsp3) is 0.111. The molecule has 1 N–H and O–H groups in total. The van der Waals surface area contributed by atoms with Gasteiger partial charge in [0.05, 0.1) is 17.6 Å². The normalized spacial score (nSPS) is 10.5. The predicted octanol–water partition coefficient (Wildman–Crippen LogP) is 2.65. The zero-order chi connectivity index (χ0) is 19.4. The number of hydrogen-bond donors (Lipinski definition) is 1. The third-order valence-electron chi connectivity index (χ3n) is 3.63. The van der Waals surface area contributed by atoms with Gasteiger partial charge in [0.1, 0.15) is 17.2 Å². The number of hydrogen-bond acceptors (Lipinski definition) is 5. The summed E-state index contributed by atoms with van der Waals surface area (Å²) >= 11 is 0. The van der Waals surface area contributed by atoms with E-state index >= 15 is 0 Å². The highest BCUT2D eigenvalue weighted by Gasteiger charge is 2.18. The number of esters is 1. The van der Waals surface area contributed by atoms with Crippen molar-refractivity contribution in [3.63, 3.8) is 0 Å². The van der Waals surface area contributed by atoms with Crippen LogP contribution in [0.15, 0.2) is 48.8 Å². The topological polar surface area (TPSA) is 86.1 Å². The van der Waals surface area contributed by atoms with E-state index in [9.17, 15) is 18.4 Å². The lowest BCUT2D eigenvalue weighted by Gasteiger charge is -2.08.